The molecule has 0 aromatic carbocycles. The van der Waals surface area contributed by atoms with Gasteiger partial charge in [-0.2, -0.15) is 0 Å². The highest BCUT2D eigenvalue weighted by molar-refractivity contribution is 8.77. The van der Waals surface area contributed by atoms with Crippen molar-refractivity contribution in [3.8, 4) is 0 Å². The topological polar surface area (TPSA) is 86.3 Å². The van der Waals surface area contributed by atoms with E-state index in [0.717, 1.165) is 60.1 Å². The van der Waals surface area contributed by atoms with E-state index >= 15 is 0 Å². The van der Waals surface area contributed by atoms with Crippen LogP contribution in [0.15, 0.2) is 0 Å². The third-order valence-corrected chi connectivity index (χ3v) is 7.89. The fourth-order valence-corrected chi connectivity index (χ4v) is 5.75. The van der Waals surface area contributed by atoms with Gasteiger partial charge >= 0.3 is 0 Å². The molecule has 28 heavy (non-hydrogen) atoms. The van der Waals surface area contributed by atoms with Crippen LogP contribution in [-0.4, -0.2) is 20.6 Å². The van der Waals surface area contributed by atoms with Gasteiger partial charge in [0.25, 0.3) is 10.7 Å². The third kappa shape index (κ3) is 16.5. The maximum Gasteiger partial charge on any atom is 0.268 e. The van der Waals surface area contributed by atoms with E-state index in [-0.39, 0.29) is 9.85 Å². The molecule has 6 nitrogen and oxygen atoms in total. The van der Waals surface area contributed by atoms with Gasteiger partial charge in [-0.05, 0) is 34.4 Å². The second kappa shape index (κ2) is 19.8. The van der Waals surface area contributed by atoms with Crippen LogP contribution < -0.4 is 0 Å². The normalized spacial score (nSPS) is 13.4. The average molecular weight is 437 g/mol. The number of hydrogen-bond acceptors (Lipinski definition) is 6. The summed E-state index contributed by atoms with van der Waals surface area (Å²) in [5, 5.41) is 21.1. The zero-order valence-electron chi connectivity index (χ0n) is 17.8. The molecule has 166 valence electrons. The van der Waals surface area contributed by atoms with Crippen LogP contribution in [-0.2, 0) is 0 Å². The van der Waals surface area contributed by atoms with E-state index in [1.165, 1.54) is 51.4 Å². The van der Waals surface area contributed by atoms with Crippen LogP contribution in [0.1, 0.15) is 117 Å². The lowest BCUT2D eigenvalue weighted by atomic mass is 10.1. The predicted octanol–water partition coefficient (Wildman–Crippen LogP) is 7.85. The van der Waals surface area contributed by atoms with Gasteiger partial charge in [-0.15, -0.1) is 0 Å². The zero-order chi connectivity index (χ0) is 21.0. The summed E-state index contributed by atoms with van der Waals surface area (Å²) in [6, 6.07) is 0. The Morgan fingerprint density at radius 2 is 0.857 bits per heavy atom. The molecule has 0 bridgehead atoms. The molecule has 0 fully saturated rings. The first-order valence-electron chi connectivity index (χ1n) is 11.1. The number of unbranched alkanes of at least 4 members (excludes halogenated alkanes) is 12. The van der Waals surface area contributed by atoms with Gasteiger partial charge in [-0.3, -0.25) is 20.2 Å². The molecule has 0 aromatic heterocycles. The van der Waals surface area contributed by atoms with Gasteiger partial charge in [0, 0.05) is 22.7 Å². The largest absolute Gasteiger partial charge is 0.268 e. The Balaban J connectivity index is 4.01. The van der Waals surface area contributed by atoms with Gasteiger partial charge in [-0.1, -0.05) is 90.9 Å². The van der Waals surface area contributed by atoms with Gasteiger partial charge in [0.2, 0.25) is 0 Å². The molecule has 0 aromatic rings. The lowest BCUT2D eigenvalue weighted by Gasteiger charge is -2.11. The molecule has 0 spiro atoms. The van der Waals surface area contributed by atoms with E-state index in [0.29, 0.717) is 12.8 Å². The van der Waals surface area contributed by atoms with Crippen molar-refractivity contribution < 1.29 is 9.85 Å². The van der Waals surface area contributed by atoms with E-state index in [2.05, 4.69) is 13.8 Å². The minimum absolute atomic E-state index is 0.278. The quantitative estimate of drug-likeness (QED) is 0.0598. The summed E-state index contributed by atoms with van der Waals surface area (Å²) in [5.41, 5.74) is 0. The minimum Gasteiger partial charge on any atom is -0.263 e. The number of nitrogens with zero attached hydrogens (tertiary/aromatic N) is 2. The smallest absolute Gasteiger partial charge is 0.263 e. The summed E-state index contributed by atoms with van der Waals surface area (Å²) in [4.78, 5) is 22.0. The van der Waals surface area contributed by atoms with Crippen molar-refractivity contribution in [3.63, 3.8) is 0 Å². The van der Waals surface area contributed by atoms with Crippen LogP contribution in [0.25, 0.3) is 0 Å². The standard InChI is InChI=1S/C20H40N2O4S2/c1-3-5-7-9-11-13-15-17-19(21(23)24)27-28-20(22(25)26)18-16-14-12-10-8-6-4-2/h19-20H,3-18H2,1-2H3. The average Bonchev–Trinajstić information content (AvgIpc) is 2.66. The van der Waals surface area contributed by atoms with E-state index < -0.39 is 10.7 Å². The maximum absolute atomic E-state index is 11.3. The van der Waals surface area contributed by atoms with Gasteiger partial charge in [0.1, 0.15) is 0 Å². The summed E-state index contributed by atoms with van der Waals surface area (Å²) in [5.74, 6) is 0. The Morgan fingerprint density at radius 3 is 1.14 bits per heavy atom. The van der Waals surface area contributed by atoms with Crippen molar-refractivity contribution in [2.45, 2.75) is 127 Å². The SMILES string of the molecule is CCCCCCCCCC(SSC(CCCCCCCCC)[N+](=O)[O-])[N+](=O)[O-]. The Hall–Kier alpha value is -0.500. The van der Waals surface area contributed by atoms with Crippen LogP contribution in [0, 0.1) is 20.2 Å². The number of rotatable bonds is 21. The highest BCUT2D eigenvalue weighted by Gasteiger charge is 2.28. The van der Waals surface area contributed by atoms with Crippen molar-refractivity contribution in [2.24, 2.45) is 0 Å². The Kier molecular flexibility index (Phi) is 19.4. The lowest BCUT2D eigenvalue weighted by Crippen LogP contribution is -2.18. The van der Waals surface area contributed by atoms with E-state index in [1.807, 2.05) is 0 Å². The van der Waals surface area contributed by atoms with Gasteiger partial charge in [-0.25, -0.2) is 0 Å². The van der Waals surface area contributed by atoms with Crippen molar-refractivity contribution in [1.29, 1.82) is 0 Å². The predicted molar refractivity (Wildman–Crippen MR) is 122 cm³/mol. The maximum atomic E-state index is 11.3. The molecule has 8 heteroatoms. The first-order valence-corrected chi connectivity index (χ1v) is 13.4. The molecule has 0 saturated heterocycles. The van der Waals surface area contributed by atoms with Crippen LogP contribution in [0.5, 0.6) is 0 Å². The van der Waals surface area contributed by atoms with Gasteiger partial charge in [0.15, 0.2) is 0 Å². The van der Waals surface area contributed by atoms with E-state index in [4.69, 9.17) is 0 Å². The molecule has 0 saturated carbocycles. The summed E-state index contributed by atoms with van der Waals surface area (Å²) in [6.45, 7) is 4.37. The van der Waals surface area contributed by atoms with Crippen LogP contribution >= 0.6 is 21.6 Å². The Bertz CT molecular complexity index is 364. The van der Waals surface area contributed by atoms with Crippen LogP contribution in [0.2, 0.25) is 0 Å². The van der Waals surface area contributed by atoms with E-state index in [1.54, 1.807) is 0 Å². The number of nitro groups is 2. The summed E-state index contributed by atoms with van der Waals surface area (Å²) < 4.78 is 0. The third-order valence-electron chi connectivity index (χ3n) is 4.86. The fraction of sp³-hybridized carbons (Fsp3) is 1.00. The zero-order valence-corrected chi connectivity index (χ0v) is 19.4. The molecule has 0 aliphatic carbocycles. The number of hydrogen-bond donors (Lipinski definition) is 0. The van der Waals surface area contributed by atoms with Crippen molar-refractivity contribution in [2.75, 3.05) is 0 Å². The lowest BCUT2D eigenvalue weighted by molar-refractivity contribution is -0.497. The van der Waals surface area contributed by atoms with Crippen molar-refractivity contribution >= 4 is 21.6 Å². The highest BCUT2D eigenvalue weighted by Crippen LogP contribution is 2.36. The molecule has 0 N–H and O–H groups in total. The van der Waals surface area contributed by atoms with E-state index in [9.17, 15) is 20.2 Å². The van der Waals surface area contributed by atoms with Crippen molar-refractivity contribution in [1.82, 2.24) is 0 Å². The Labute approximate surface area is 179 Å². The first-order chi connectivity index (χ1) is 13.5. The molecule has 0 aliphatic rings. The molecular weight excluding hydrogens is 396 g/mol. The van der Waals surface area contributed by atoms with Gasteiger partial charge in [0.05, 0.1) is 0 Å². The molecule has 0 aliphatic heterocycles. The summed E-state index contributed by atoms with van der Waals surface area (Å²) in [6.07, 6.45) is 16.7. The molecule has 0 heterocycles. The summed E-state index contributed by atoms with van der Waals surface area (Å²) in [7, 11) is 2.18. The fourth-order valence-electron chi connectivity index (χ4n) is 3.06. The minimum atomic E-state index is -0.739. The second-order valence-electron chi connectivity index (χ2n) is 7.49. The second-order valence-corrected chi connectivity index (χ2v) is 10.1. The Morgan fingerprint density at radius 1 is 0.571 bits per heavy atom. The molecular formula is C20H40N2O4S2. The van der Waals surface area contributed by atoms with Crippen molar-refractivity contribution in [3.05, 3.63) is 20.2 Å². The van der Waals surface area contributed by atoms with Crippen LogP contribution in [0.3, 0.4) is 0 Å². The monoisotopic (exact) mass is 436 g/mol. The van der Waals surface area contributed by atoms with Gasteiger partial charge < -0.3 is 0 Å². The molecule has 2 atom stereocenters. The van der Waals surface area contributed by atoms with Crippen LogP contribution in [0.4, 0.5) is 0 Å². The molecule has 0 radical (unpaired) electrons. The summed E-state index contributed by atoms with van der Waals surface area (Å²) >= 11 is 0. The molecule has 2 unspecified atom stereocenters. The molecule has 0 rings (SSSR count). The highest BCUT2D eigenvalue weighted by atomic mass is 33.1. The first kappa shape index (κ1) is 27.5. The molecule has 0 amide bonds.